The van der Waals surface area contributed by atoms with Crippen LogP contribution in [0.2, 0.25) is 10.0 Å². The monoisotopic (exact) mass is 576 g/mol. The lowest BCUT2D eigenvalue weighted by Crippen LogP contribution is -2.49. The number of aliphatic imine (C=N–C) groups is 1. The topological polar surface area (TPSA) is 86.8 Å². The summed E-state index contributed by atoms with van der Waals surface area (Å²) in [4.78, 5) is 25.2. The molecule has 1 aliphatic rings. The predicted molar refractivity (Wildman–Crippen MR) is 138 cm³/mol. The van der Waals surface area contributed by atoms with Crippen molar-refractivity contribution in [1.29, 1.82) is 0 Å². The van der Waals surface area contributed by atoms with Gasteiger partial charge in [0.1, 0.15) is 5.82 Å². The second-order valence-electron chi connectivity index (χ2n) is 7.10. The Hall–Kier alpha value is -1.78. The quantitative estimate of drug-likeness (QED) is 0.311. The molecule has 7 nitrogen and oxygen atoms in total. The smallest absolute Gasteiger partial charge is 0.224 e. The normalized spacial score (nSPS) is 15.3. The maximum absolute atomic E-state index is 12.5. The first-order chi connectivity index (χ1) is 14.4. The van der Waals surface area contributed by atoms with Crippen LogP contribution in [0.5, 0.6) is 0 Å². The molecule has 1 amide bonds. The van der Waals surface area contributed by atoms with Crippen molar-refractivity contribution in [3.8, 4) is 0 Å². The average molecular weight is 577 g/mol. The number of nitrogens with two attached hydrogens (primary N) is 1. The van der Waals surface area contributed by atoms with E-state index >= 15 is 0 Å². The summed E-state index contributed by atoms with van der Waals surface area (Å²) in [7, 11) is 0. The van der Waals surface area contributed by atoms with Crippen LogP contribution in [0.4, 0.5) is 5.82 Å². The first-order valence-corrected chi connectivity index (χ1v) is 10.6. The van der Waals surface area contributed by atoms with E-state index in [2.05, 4.69) is 20.2 Å². The minimum Gasteiger partial charge on any atom is -0.370 e. The van der Waals surface area contributed by atoms with Gasteiger partial charge < -0.3 is 20.9 Å². The summed E-state index contributed by atoms with van der Waals surface area (Å²) in [6.45, 7) is 5.17. The number of carbonyl (C=O) groups excluding carboxylic acids is 1. The van der Waals surface area contributed by atoms with Crippen LogP contribution >= 0.6 is 47.2 Å². The molecule has 3 N–H and O–H groups in total. The second-order valence-corrected chi connectivity index (χ2v) is 7.95. The van der Waals surface area contributed by atoms with Gasteiger partial charge in [0.15, 0.2) is 5.96 Å². The van der Waals surface area contributed by atoms with Crippen molar-refractivity contribution in [3.05, 3.63) is 58.2 Å². The highest BCUT2D eigenvalue weighted by molar-refractivity contribution is 14.0. The Kier molecular flexibility index (Phi) is 10.1. The van der Waals surface area contributed by atoms with Crippen LogP contribution in [-0.2, 0) is 4.79 Å². The number of nitrogens with one attached hydrogen (secondary N) is 1. The van der Waals surface area contributed by atoms with E-state index in [1.54, 1.807) is 18.3 Å². The Morgan fingerprint density at radius 1 is 1.23 bits per heavy atom. The maximum Gasteiger partial charge on any atom is 0.224 e. The van der Waals surface area contributed by atoms with Crippen molar-refractivity contribution in [2.45, 2.75) is 19.4 Å². The van der Waals surface area contributed by atoms with E-state index in [1.165, 1.54) is 0 Å². The molecular formula is C21H27Cl2IN6O. The van der Waals surface area contributed by atoms with Gasteiger partial charge in [0, 0.05) is 48.8 Å². The van der Waals surface area contributed by atoms with Gasteiger partial charge in [-0.3, -0.25) is 9.79 Å². The van der Waals surface area contributed by atoms with Crippen molar-refractivity contribution in [3.63, 3.8) is 0 Å². The predicted octanol–water partition coefficient (Wildman–Crippen LogP) is 3.71. The second kappa shape index (κ2) is 12.3. The molecule has 0 aliphatic carbocycles. The lowest BCUT2D eigenvalue weighted by molar-refractivity contribution is -0.131. The Balaban J connectivity index is 0.00000341. The summed E-state index contributed by atoms with van der Waals surface area (Å²) in [6, 6.07) is 11.0. The molecule has 1 atom stereocenters. The van der Waals surface area contributed by atoms with Gasteiger partial charge in [-0.2, -0.15) is 0 Å². The third kappa shape index (κ3) is 7.40. The highest BCUT2D eigenvalue weighted by Crippen LogP contribution is 2.25. The summed E-state index contributed by atoms with van der Waals surface area (Å²) in [5, 5.41) is 4.24. The lowest BCUT2D eigenvalue weighted by Gasteiger charge is -2.35. The number of guanidine groups is 1. The number of rotatable bonds is 6. The fourth-order valence-electron chi connectivity index (χ4n) is 3.35. The van der Waals surface area contributed by atoms with Crippen molar-refractivity contribution < 1.29 is 4.79 Å². The molecule has 1 fully saturated rings. The number of benzene rings is 1. The van der Waals surface area contributed by atoms with E-state index < -0.39 is 0 Å². The number of piperazine rings is 1. The molecule has 0 spiro atoms. The number of nitrogens with zero attached hydrogens (tertiary/aromatic N) is 4. The molecule has 2 heterocycles. The first kappa shape index (κ1) is 25.5. The number of hydrogen-bond acceptors (Lipinski definition) is 4. The molecule has 1 aromatic heterocycles. The SMILES string of the molecule is CC(NC(N)=NCCC(=O)N1CCN(c2ccccn2)CC1)c1ccc(Cl)cc1Cl.I. The van der Waals surface area contributed by atoms with Crippen molar-refractivity contribution in [1.82, 2.24) is 15.2 Å². The molecule has 3 rings (SSSR count). The molecule has 0 radical (unpaired) electrons. The third-order valence-electron chi connectivity index (χ3n) is 5.01. The summed E-state index contributed by atoms with van der Waals surface area (Å²) in [5.41, 5.74) is 6.85. The fraction of sp³-hybridized carbons (Fsp3) is 0.381. The molecule has 1 aromatic carbocycles. The van der Waals surface area contributed by atoms with E-state index in [9.17, 15) is 4.79 Å². The number of anilines is 1. The number of hydrogen-bond donors (Lipinski definition) is 2. The highest BCUT2D eigenvalue weighted by Gasteiger charge is 2.21. The van der Waals surface area contributed by atoms with Crippen LogP contribution in [0, 0.1) is 0 Å². The standard InChI is InChI=1S/C21H26Cl2N6O.HI/c1-15(17-6-5-16(22)14-18(17)23)27-21(24)26-9-7-20(30)29-12-10-28(11-13-29)19-4-2-3-8-25-19;/h2-6,8,14-15H,7,9-13H2,1H3,(H3,24,26,27);1H. The van der Waals surface area contributed by atoms with Gasteiger partial charge >= 0.3 is 0 Å². The molecular weight excluding hydrogens is 550 g/mol. The molecule has 1 unspecified atom stereocenters. The van der Waals surface area contributed by atoms with Gasteiger partial charge in [-0.05, 0) is 36.8 Å². The van der Waals surface area contributed by atoms with Crippen LogP contribution in [0.1, 0.15) is 24.9 Å². The van der Waals surface area contributed by atoms with E-state index in [0.717, 1.165) is 24.5 Å². The number of carbonyl (C=O) groups is 1. The maximum atomic E-state index is 12.5. The van der Waals surface area contributed by atoms with Crippen LogP contribution in [-0.4, -0.2) is 54.5 Å². The molecule has 0 bridgehead atoms. The zero-order valence-electron chi connectivity index (χ0n) is 17.3. The average Bonchev–Trinajstić information content (AvgIpc) is 2.74. The first-order valence-electron chi connectivity index (χ1n) is 9.89. The fourth-order valence-corrected chi connectivity index (χ4v) is 3.93. The van der Waals surface area contributed by atoms with Crippen LogP contribution in [0.3, 0.4) is 0 Å². The molecule has 1 aliphatic heterocycles. The molecule has 31 heavy (non-hydrogen) atoms. The third-order valence-corrected chi connectivity index (χ3v) is 5.57. The summed E-state index contributed by atoms with van der Waals surface area (Å²) in [6.07, 6.45) is 2.10. The van der Waals surface area contributed by atoms with Gasteiger partial charge in [0.05, 0.1) is 12.6 Å². The Morgan fingerprint density at radius 3 is 2.61 bits per heavy atom. The van der Waals surface area contributed by atoms with E-state index in [4.69, 9.17) is 28.9 Å². The minimum absolute atomic E-state index is 0. The van der Waals surface area contributed by atoms with Gasteiger partial charge in [-0.25, -0.2) is 4.98 Å². The summed E-state index contributed by atoms with van der Waals surface area (Å²) < 4.78 is 0. The van der Waals surface area contributed by atoms with Gasteiger partial charge in [0.2, 0.25) is 5.91 Å². The van der Waals surface area contributed by atoms with Gasteiger partial charge in [0.25, 0.3) is 0 Å². The molecule has 10 heteroatoms. The van der Waals surface area contributed by atoms with Gasteiger partial charge in [-0.1, -0.05) is 35.3 Å². The molecule has 168 valence electrons. The van der Waals surface area contributed by atoms with Crippen LogP contribution in [0.15, 0.2) is 47.6 Å². The minimum atomic E-state index is -0.131. The van der Waals surface area contributed by atoms with Crippen LogP contribution in [0.25, 0.3) is 0 Å². The van der Waals surface area contributed by atoms with E-state index in [0.29, 0.717) is 36.1 Å². The van der Waals surface area contributed by atoms with Crippen molar-refractivity contribution in [2.75, 3.05) is 37.6 Å². The highest BCUT2D eigenvalue weighted by atomic mass is 127. The van der Waals surface area contributed by atoms with Gasteiger partial charge in [-0.15, -0.1) is 24.0 Å². The van der Waals surface area contributed by atoms with E-state index in [-0.39, 0.29) is 41.9 Å². The molecule has 0 saturated carbocycles. The molecule has 2 aromatic rings. The van der Waals surface area contributed by atoms with Crippen molar-refractivity contribution in [2.24, 2.45) is 10.7 Å². The zero-order valence-corrected chi connectivity index (χ0v) is 21.1. The van der Waals surface area contributed by atoms with Crippen molar-refractivity contribution >= 4 is 64.9 Å². The summed E-state index contributed by atoms with van der Waals surface area (Å²) >= 11 is 12.2. The lowest BCUT2D eigenvalue weighted by atomic mass is 10.1. The summed E-state index contributed by atoms with van der Waals surface area (Å²) in [5.74, 6) is 1.31. The number of amides is 1. The Bertz CT molecular complexity index is 891. The largest absolute Gasteiger partial charge is 0.370 e. The Morgan fingerprint density at radius 2 is 1.97 bits per heavy atom. The van der Waals surface area contributed by atoms with E-state index in [1.807, 2.05) is 36.1 Å². The molecule has 1 saturated heterocycles. The van der Waals surface area contributed by atoms with Crippen LogP contribution < -0.4 is 16.0 Å². The number of aromatic nitrogens is 1. The zero-order chi connectivity index (χ0) is 21.5. The number of pyridine rings is 1. The Labute approximate surface area is 210 Å². The number of halogens is 3.